The van der Waals surface area contributed by atoms with Crippen molar-refractivity contribution in [1.82, 2.24) is 9.97 Å². The lowest BCUT2D eigenvalue weighted by Gasteiger charge is -2.02. The number of H-pyrrole nitrogens is 1. The van der Waals surface area contributed by atoms with Crippen LogP contribution in [0.25, 0.3) is 10.9 Å². The Labute approximate surface area is 105 Å². The first-order valence-electron chi connectivity index (χ1n) is 5.93. The highest BCUT2D eigenvalue weighted by Crippen LogP contribution is 2.20. The smallest absolute Gasteiger partial charge is 0.138 e. The molecule has 0 radical (unpaired) electrons. The number of rotatable bonds is 3. The summed E-state index contributed by atoms with van der Waals surface area (Å²) in [6.45, 7) is 2.64. The van der Waals surface area contributed by atoms with Gasteiger partial charge in [-0.05, 0) is 36.8 Å². The maximum atomic E-state index is 5.67. The van der Waals surface area contributed by atoms with Crippen molar-refractivity contribution in [3.8, 4) is 5.75 Å². The number of pyridine rings is 1. The third kappa shape index (κ3) is 2.07. The standard InChI is InChI=1S/C15H14N2O/c1-11-4-2-6-15-14(11)8-12(17-15)10-18-13-5-3-7-16-9-13/h2-9,17H,10H2,1H3. The second kappa shape index (κ2) is 4.53. The van der Waals surface area contributed by atoms with Crippen LogP contribution in [0.15, 0.2) is 48.8 Å². The van der Waals surface area contributed by atoms with Crippen LogP contribution in [0.2, 0.25) is 0 Å². The van der Waals surface area contributed by atoms with Gasteiger partial charge in [-0.2, -0.15) is 0 Å². The number of aromatic amines is 1. The summed E-state index contributed by atoms with van der Waals surface area (Å²) >= 11 is 0. The zero-order chi connectivity index (χ0) is 12.4. The fourth-order valence-corrected chi connectivity index (χ4v) is 2.04. The van der Waals surface area contributed by atoms with Gasteiger partial charge >= 0.3 is 0 Å². The predicted molar refractivity (Wildman–Crippen MR) is 71.6 cm³/mol. The molecule has 0 saturated carbocycles. The van der Waals surface area contributed by atoms with E-state index in [1.807, 2.05) is 12.1 Å². The monoisotopic (exact) mass is 238 g/mol. The third-order valence-corrected chi connectivity index (χ3v) is 2.97. The topological polar surface area (TPSA) is 37.9 Å². The van der Waals surface area contributed by atoms with Gasteiger partial charge in [-0.3, -0.25) is 4.98 Å². The first-order valence-corrected chi connectivity index (χ1v) is 5.93. The Morgan fingerprint density at radius 3 is 2.94 bits per heavy atom. The van der Waals surface area contributed by atoms with E-state index in [1.165, 1.54) is 10.9 Å². The van der Waals surface area contributed by atoms with Crippen LogP contribution in [0.5, 0.6) is 5.75 Å². The number of nitrogens with one attached hydrogen (secondary N) is 1. The van der Waals surface area contributed by atoms with Crippen LogP contribution < -0.4 is 4.74 Å². The molecule has 0 aliphatic carbocycles. The molecule has 18 heavy (non-hydrogen) atoms. The maximum Gasteiger partial charge on any atom is 0.138 e. The van der Waals surface area contributed by atoms with Gasteiger partial charge in [0.1, 0.15) is 12.4 Å². The summed E-state index contributed by atoms with van der Waals surface area (Å²) in [6.07, 6.45) is 3.45. The Morgan fingerprint density at radius 1 is 1.22 bits per heavy atom. The number of nitrogens with zero attached hydrogens (tertiary/aromatic N) is 1. The molecule has 2 heterocycles. The summed E-state index contributed by atoms with van der Waals surface area (Å²) in [5.74, 6) is 0.785. The minimum Gasteiger partial charge on any atom is -0.486 e. The molecular weight excluding hydrogens is 224 g/mol. The molecule has 0 unspecified atom stereocenters. The highest BCUT2D eigenvalue weighted by molar-refractivity contribution is 5.83. The highest BCUT2D eigenvalue weighted by Gasteiger charge is 2.03. The van der Waals surface area contributed by atoms with Gasteiger partial charge in [-0.1, -0.05) is 12.1 Å². The van der Waals surface area contributed by atoms with Crippen molar-refractivity contribution in [2.45, 2.75) is 13.5 Å². The largest absolute Gasteiger partial charge is 0.486 e. The molecule has 0 aliphatic rings. The Bertz CT molecular complexity index is 659. The van der Waals surface area contributed by atoms with Crippen LogP contribution in [0.4, 0.5) is 0 Å². The average Bonchev–Trinajstić information content (AvgIpc) is 2.82. The average molecular weight is 238 g/mol. The van der Waals surface area contributed by atoms with E-state index in [-0.39, 0.29) is 0 Å². The molecule has 0 amide bonds. The van der Waals surface area contributed by atoms with Gasteiger partial charge in [0.05, 0.1) is 11.9 Å². The van der Waals surface area contributed by atoms with Crippen LogP contribution in [0.1, 0.15) is 11.3 Å². The van der Waals surface area contributed by atoms with Gasteiger partial charge in [0.25, 0.3) is 0 Å². The van der Waals surface area contributed by atoms with E-state index in [2.05, 4.69) is 41.2 Å². The number of fused-ring (bicyclic) bond motifs is 1. The number of hydrogen-bond acceptors (Lipinski definition) is 2. The lowest BCUT2D eigenvalue weighted by atomic mass is 10.1. The van der Waals surface area contributed by atoms with E-state index in [4.69, 9.17) is 4.74 Å². The lowest BCUT2D eigenvalue weighted by molar-refractivity contribution is 0.301. The first-order chi connectivity index (χ1) is 8.83. The number of aromatic nitrogens is 2. The molecule has 1 N–H and O–H groups in total. The number of hydrogen-bond donors (Lipinski definition) is 1. The minimum absolute atomic E-state index is 0.528. The van der Waals surface area contributed by atoms with Crippen molar-refractivity contribution < 1.29 is 4.74 Å². The fourth-order valence-electron chi connectivity index (χ4n) is 2.04. The predicted octanol–water partition coefficient (Wildman–Crippen LogP) is 3.45. The molecule has 3 aromatic rings. The van der Waals surface area contributed by atoms with Crippen molar-refractivity contribution >= 4 is 10.9 Å². The maximum absolute atomic E-state index is 5.67. The molecule has 0 fully saturated rings. The van der Waals surface area contributed by atoms with Gasteiger partial charge in [0.15, 0.2) is 0 Å². The summed E-state index contributed by atoms with van der Waals surface area (Å²) in [7, 11) is 0. The molecule has 3 nitrogen and oxygen atoms in total. The SMILES string of the molecule is Cc1cccc2[nH]c(COc3cccnc3)cc12. The Balaban J connectivity index is 1.81. The number of benzene rings is 1. The van der Waals surface area contributed by atoms with Crippen molar-refractivity contribution in [3.05, 3.63) is 60.0 Å². The van der Waals surface area contributed by atoms with Crippen LogP contribution >= 0.6 is 0 Å². The molecule has 2 aromatic heterocycles. The normalized spacial score (nSPS) is 10.7. The third-order valence-electron chi connectivity index (χ3n) is 2.97. The van der Waals surface area contributed by atoms with Crippen molar-refractivity contribution in [1.29, 1.82) is 0 Å². The fraction of sp³-hybridized carbons (Fsp3) is 0.133. The lowest BCUT2D eigenvalue weighted by Crippen LogP contribution is -1.95. The minimum atomic E-state index is 0.528. The summed E-state index contributed by atoms with van der Waals surface area (Å²) in [6, 6.07) is 12.2. The molecular formula is C15H14N2O. The van der Waals surface area contributed by atoms with Gasteiger partial charge in [-0.25, -0.2) is 0 Å². The second-order valence-corrected chi connectivity index (χ2v) is 4.31. The van der Waals surface area contributed by atoms with Crippen LogP contribution in [-0.4, -0.2) is 9.97 Å². The first kappa shape index (κ1) is 10.8. The Hall–Kier alpha value is -2.29. The summed E-state index contributed by atoms with van der Waals surface area (Å²) in [5, 5.41) is 1.25. The molecule has 1 aromatic carbocycles. The van der Waals surface area contributed by atoms with Crippen LogP contribution in [0.3, 0.4) is 0 Å². The molecule has 0 saturated heterocycles. The van der Waals surface area contributed by atoms with E-state index in [0.717, 1.165) is 17.0 Å². The highest BCUT2D eigenvalue weighted by atomic mass is 16.5. The second-order valence-electron chi connectivity index (χ2n) is 4.31. The molecule has 0 aliphatic heterocycles. The van der Waals surface area contributed by atoms with Crippen molar-refractivity contribution in [2.24, 2.45) is 0 Å². The van der Waals surface area contributed by atoms with E-state index in [9.17, 15) is 0 Å². The zero-order valence-electron chi connectivity index (χ0n) is 10.2. The number of aryl methyl sites for hydroxylation is 1. The summed E-state index contributed by atoms with van der Waals surface area (Å²) in [4.78, 5) is 7.38. The van der Waals surface area contributed by atoms with E-state index in [1.54, 1.807) is 12.4 Å². The van der Waals surface area contributed by atoms with Crippen molar-refractivity contribution in [3.63, 3.8) is 0 Å². The molecule has 3 heteroatoms. The van der Waals surface area contributed by atoms with E-state index >= 15 is 0 Å². The van der Waals surface area contributed by atoms with E-state index < -0.39 is 0 Å². The molecule has 0 spiro atoms. The van der Waals surface area contributed by atoms with Gasteiger partial charge in [0, 0.05) is 17.1 Å². The quantitative estimate of drug-likeness (QED) is 0.759. The van der Waals surface area contributed by atoms with Gasteiger partial charge in [0.2, 0.25) is 0 Å². The Morgan fingerprint density at radius 2 is 2.17 bits per heavy atom. The van der Waals surface area contributed by atoms with Gasteiger partial charge < -0.3 is 9.72 Å². The molecule has 0 bridgehead atoms. The van der Waals surface area contributed by atoms with Gasteiger partial charge in [-0.15, -0.1) is 0 Å². The van der Waals surface area contributed by atoms with E-state index in [0.29, 0.717) is 6.61 Å². The molecule has 0 atom stereocenters. The zero-order valence-corrected chi connectivity index (χ0v) is 10.2. The van der Waals surface area contributed by atoms with Crippen LogP contribution in [0, 0.1) is 6.92 Å². The molecule has 90 valence electrons. The Kier molecular flexibility index (Phi) is 2.73. The van der Waals surface area contributed by atoms with Crippen molar-refractivity contribution in [2.75, 3.05) is 0 Å². The summed E-state index contributed by atoms with van der Waals surface area (Å²) < 4.78 is 5.67. The number of ether oxygens (including phenoxy) is 1. The summed E-state index contributed by atoms with van der Waals surface area (Å²) in [5.41, 5.74) is 3.50. The van der Waals surface area contributed by atoms with Crippen LogP contribution in [-0.2, 0) is 6.61 Å². The molecule has 3 rings (SSSR count).